The van der Waals surface area contributed by atoms with Crippen LogP contribution in [0.4, 0.5) is 0 Å². The molecule has 0 unspecified atom stereocenters. The Labute approximate surface area is 117 Å². The number of hydrogen-bond acceptors (Lipinski definition) is 4. The van der Waals surface area contributed by atoms with E-state index in [2.05, 4.69) is 0 Å². The minimum Gasteiger partial charge on any atom is -0.479 e. The normalized spacial score (nSPS) is 11.2. The monoisotopic (exact) mass is 293 g/mol. The van der Waals surface area contributed by atoms with Gasteiger partial charge in [0.2, 0.25) is 5.91 Å². The van der Waals surface area contributed by atoms with E-state index in [0.717, 1.165) is 28.3 Å². The number of fused-ring (bicyclic) bond motifs is 1. The van der Waals surface area contributed by atoms with Gasteiger partial charge in [0.15, 0.2) is 0 Å². The molecule has 104 valence electrons. The largest absolute Gasteiger partial charge is 0.479 e. The number of carbonyl (C=O) groups is 3. The van der Waals surface area contributed by atoms with Crippen molar-refractivity contribution in [2.24, 2.45) is 0 Å². The van der Waals surface area contributed by atoms with E-state index in [0.29, 0.717) is 0 Å². The van der Waals surface area contributed by atoms with Gasteiger partial charge in [-0.2, -0.15) is 0 Å². The molecule has 20 heavy (non-hydrogen) atoms. The predicted octanol–water partition coefficient (Wildman–Crippen LogP) is 1.40. The maximum atomic E-state index is 11.5. The van der Waals surface area contributed by atoms with Crippen LogP contribution >= 0.6 is 11.3 Å². The molecular formula is C13H11NO5S. The van der Waals surface area contributed by atoms with Crippen LogP contribution in [0.2, 0.25) is 0 Å². The van der Waals surface area contributed by atoms with Crippen molar-refractivity contribution in [3.63, 3.8) is 0 Å². The summed E-state index contributed by atoms with van der Waals surface area (Å²) in [4.78, 5) is 34.2. The summed E-state index contributed by atoms with van der Waals surface area (Å²) in [5, 5.41) is 21.4. The van der Waals surface area contributed by atoms with E-state index in [1.807, 2.05) is 5.32 Å². The van der Waals surface area contributed by atoms with Gasteiger partial charge >= 0.3 is 11.9 Å². The first-order chi connectivity index (χ1) is 9.37. The molecule has 0 spiro atoms. The highest BCUT2D eigenvalue weighted by Gasteiger charge is 2.50. The van der Waals surface area contributed by atoms with Crippen molar-refractivity contribution >= 4 is 39.3 Å². The van der Waals surface area contributed by atoms with E-state index in [9.17, 15) is 24.6 Å². The average molecular weight is 293 g/mol. The van der Waals surface area contributed by atoms with Crippen molar-refractivity contribution in [2.45, 2.75) is 12.5 Å². The summed E-state index contributed by atoms with van der Waals surface area (Å²) in [6.45, 7) is 1.08. The van der Waals surface area contributed by atoms with E-state index >= 15 is 0 Å². The van der Waals surface area contributed by atoms with E-state index in [-0.39, 0.29) is 4.88 Å². The third-order valence-corrected chi connectivity index (χ3v) is 4.04. The smallest absolute Gasteiger partial charge is 0.346 e. The predicted molar refractivity (Wildman–Crippen MR) is 72.6 cm³/mol. The summed E-state index contributed by atoms with van der Waals surface area (Å²) < 4.78 is 0.750. The summed E-state index contributed by atoms with van der Waals surface area (Å²) in [6, 6.07) is 8.51. The number of thiophene rings is 1. The number of rotatable bonds is 4. The minimum atomic E-state index is -2.46. The van der Waals surface area contributed by atoms with Gasteiger partial charge in [0, 0.05) is 11.6 Å². The van der Waals surface area contributed by atoms with Gasteiger partial charge in [-0.1, -0.05) is 18.2 Å². The molecule has 1 aromatic heterocycles. The van der Waals surface area contributed by atoms with E-state index in [1.54, 1.807) is 24.3 Å². The molecule has 0 saturated heterocycles. The topological polar surface area (TPSA) is 104 Å². The first kappa shape index (κ1) is 14.0. The highest BCUT2D eigenvalue weighted by atomic mass is 32.1. The first-order valence-electron chi connectivity index (χ1n) is 5.62. The molecule has 0 fully saturated rings. The number of carboxylic acid groups (broad SMARTS) is 2. The van der Waals surface area contributed by atoms with Crippen molar-refractivity contribution in [3.05, 3.63) is 35.2 Å². The number of carboxylic acids is 2. The fraction of sp³-hybridized carbons (Fsp3) is 0.154. The van der Waals surface area contributed by atoms with Crippen molar-refractivity contribution in [3.8, 4) is 0 Å². The van der Waals surface area contributed by atoms with Gasteiger partial charge in [-0.05, 0) is 17.5 Å². The van der Waals surface area contributed by atoms with Gasteiger partial charge in [0.1, 0.15) is 0 Å². The van der Waals surface area contributed by atoms with Crippen LogP contribution < -0.4 is 5.32 Å². The molecule has 0 radical (unpaired) electrons. The Balaban J connectivity index is 2.69. The third-order valence-electron chi connectivity index (χ3n) is 2.80. The zero-order valence-corrected chi connectivity index (χ0v) is 11.2. The molecule has 0 aliphatic heterocycles. The molecule has 0 aliphatic rings. The van der Waals surface area contributed by atoms with Crippen molar-refractivity contribution in [1.29, 1.82) is 0 Å². The maximum absolute atomic E-state index is 11.5. The van der Waals surface area contributed by atoms with Crippen LogP contribution in [-0.2, 0) is 19.9 Å². The molecule has 0 bridgehead atoms. The Morgan fingerprint density at radius 3 is 2.25 bits per heavy atom. The van der Waals surface area contributed by atoms with Gasteiger partial charge in [-0.3, -0.25) is 4.79 Å². The Morgan fingerprint density at radius 1 is 1.15 bits per heavy atom. The molecular weight excluding hydrogens is 282 g/mol. The summed E-state index contributed by atoms with van der Waals surface area (Å²) in [6.07, 6.45) is 0. The number of carbonyl (C=O) groups excluding carboxylic acids is 1. The molecule has 0 aliphatic carbocycles. The molecule has 0 saturated carbocycles. The molecule has 3 N–H and O–H groups in total. The van der Waals surface area contributed by atoms with Crippen LogP contribution in [0.1, 0.15) is 11.8 Å². The standard InChI is InChI=1S/C13H11NO5S/c1-7(15)14-13(11(16)17,12(18)19)10-6-8-4-2-3-5-9(8)20-10/h2-6H,1H3,(H,14,15)(H,16,17)(H,18,19). The summed E-state index contributed by atoms with van der Waals surface area (Å²) in [5.74, 6) is -3.99. The van der Waals surface area contributed by atoms with Crippen molar-refractivity contribution in [2.75, 3.05) is 0 Å². The minimum absolute atomic E-state index is 0.0499. The molecule has 2 rings (SSSR count). The van der Waals surface area contributed by atoms with Crippen LogP contribution in [0, 0.1) is 0 Å². The van der Waals surface area contributed by atoms with Crippen LogP contribution in [0.15, 0.2) is 30.3 Å². The number of benzene rings is 1. The second kappa shape index (κ2) is 4.93. The quantitative estimate of drug-likeness (QED) is 0.739. The number of aliphatic carboxylic acids is 2. The van der Waals surface area contributed by atoms with E-state index in [4.69, 9.17) is 0 Å². The number of hydrogen-bond donors (Lipinski definition) is 3. The Morgan fingerprint density at radius 2 is 1.75 bits per heavy atom. The molecule has 0 atom stereocenters. The molecule has 6 nitrogen and oxygen atoms in total. The lowest BCUT2D eigenvalue weighted by Crippen LogP contribution is -2.56. The molecule has 1 amide bonds. The van der Waals surface area contributed by atoms with Crippen LogP contribution in [0.25, 0.3) is 10.1 Å². The number of nitrogens with one attached hydrogen (secondary N) is 1. The molecule has 7 heteroatoms. The average Bonchev–Trinajstić information content (AvgIpc) is 2.78. The summed E-state index contributed by atoms with van der Waals surface area (Å²) in [7, 11) is 0. The van der Waals surface area contributed by atoms with E-state index in [1.165, 1.54) is 6.07 Å². The zero-order valence-electron chi connectivity index (χ0n) is 10.4. The van der Waals surface area contributed by atoms with Gasteiger partial charge < -0.3 is 15.5 Å². The molecule has 2 aromatic rings. The Kier molecular flexibility index (Phi) is 3.46. The Hall–Kier alpha value is -2.41. The second-order valence-electron chi connectivity index (χ2n) is 4.19. The lowest BCUT2D eigenvalue weighted by atomic mass is 9.97. The number of amides is 1. The van der Waals surface area contributed by atoms with Crippen molar-refractivity contribution < 1.29 is 24.6 Å². The fourth-order valence-corrected chi connectivity index (χ4v) is 3.09. The summed E-state index contributed by atoms with van der Waals surface area (Å²) in [5.41, 5.74) is -2.46. The van der Waals surface area contributed by atoms with E-state index < -0.39 is 23.4 Å². The molecule has 1 aromatic carbocycles. The van der Waals surface area contributed by atoms with Crippen molar-refractivity contribution in [1.82, 2.24) is 5.32 Å². The van der Waals surface area contributed by atoms with Crippen LogP contribution in [0.5, 0.6) is 0 Å². The SMILES string of the molecule is CC(=O)NC(C(=O)O)(C(=O)O)c1cc2ccccc2s1. The van der Waals surface area contributed by atoms with Gasteiger partial charge in [-0.15, -0.1) is 11.3 Å². The van der Waals surface area contributed by atoms with Gasteiger partial charge in [0.25, 0.3) is 5.54 Å². The van der Waals surface area contributed by atoms with Crippen LogP contribution in [-0.4, -0.2) is 28.1 Å². The van der Waals surface area contributed by atoms with Gasteiger partial charge in [0.05, 0.1) is 4.88 Å². The highest BCUT2D eigenvalue weighted by molar-refractivity contribution is 7.19. The first-order valence-corrected chi connectivity index (χ1v) is 6.44. The molecule has 1 heterocycles. The lowest BCUT2D eigenvalue weighted by molar-refractivity contribution is -0.161. The fourth-order valence-electron chi connectivity index (χ4n) is 1.90. The Bertz CT molecular complexity index is 659. The van der Waals surface area contributed by atoms with Gasteiger partial charge in [-0.25, -0.2) is 9.59 Å². The summed E-state index contributed by atoms with van der Waals surface area (Å²) >= 11 is 1.03. The highest BCUT2D eigenvalue weighted by Crippen LogP contribution is 2.34. The van der Waals surface area contributed by atoms with Crippen LogP contribution in [0.3, 0.4) is 0 Å². The zero-order chi connectivity index (χ0) is 14.9. The third kappa shape index (κ3) is 2.12. The lowest BCUT2D eigenvalue weighted by Gasteiger charge is -2.24. The second-order valence-corrected chi connectivity index (χ2v) is 5.27. The maximum Gasteiger partial charge on any atom is 0.346 e.